The van der Waals surface area contributed by atoms with Gasteiger partial charge in [0.2, 0.25) is 9.84 Å². The highest BCUT2D eigenvalue weighted by Crippen LogP contribution is 2.20. The normalized spacial score (nSPS) is 19.2. The van der Waals surface area contributed by atoms with Crippen LogP contribution in [0.5, 0.6) is 0 Å². The molecule has 17 heavy (non-hydrogen) atoms. The molecule has 1 heterocycles. The van der Waals surface area contributed by atoms with Crippen LogP contribution in [0.25, 0.3) is 0 Å². The van der Waals surface area contributed by atoms with Crippen molar-refractivity contribution in [3.63, 3.8) is 0 Å². The minimum atomic E-state index is -3.47. The van der Waals surface area contributed by atoms with Crippen LogP contribution in [0.15, 0.2) is 46.3 Å². The minimum absolute atomic E-state index is 0.264. The van der Waals surface area contributed by atoms with Crippen molar-refractivity contribution in [2.75, 3.05) is 0 Å². The molecule has 5 nitrogen and oxygen atoms in total. The summed E-state index contributed by atoms with van der Waals surface area (Å²) in [5.74, 6) is 5.54. The Morgan fingerprint density at radius 3 is 2.47 bits per heavy atom. The van der Waals surface area contributed by atoms with Gasteiger partial charge in [-0.1, -0.05) is 17.7 Å². The van der Waals surface area contributed by atoms with E-state index in [0.29, 0.717) is 5.84 Å². The molecule has 0 saturated carbocycles. The molecule has 0 bridgehead atoms. The van der Waals surface area contributed by atoms with Crippen molar-refractivity contribution >= 4 is 15.7 Å². The van der Waals surface area contributed by atoms with Gasteiger partial charge in [0.25, 0.3) is 0 Å². The lowest BCUT2D eigenvalue weighted by atomic mass is 10.2. The number of nitrogens with one attached hydrogen (secondary N) is 1. The number of amidine groups is 1. The summed E-state index contributed by atoms with van der Waals surface area (Å²) in [6.07, 6.45) is 3.06. The van der Waals surface area contributed by atoms with Crippen molar-refractivity contribution in [2.24, 2.45) is 10.8 Å². The Morgan fingerprint density at radius 2 is 1.94 bits per heavy atom. The zero-order chi connectivity index (χ0) is 12.5. The van der Waals surface area contributed by atoms with Crippen molar-refractivity contribution in [1.29, 1.82) is 0 Å². The van der Waals surface area contributed by atoms with Crippen molar-refractivity contribution in [2.45, 2.75) is 17.2 Å². The zero-order valence-corrected chi connectivity index (χ0v) is 10.1. The SMILES string of the molecule is Cc1ccc(S(=O)(=O)C2C=CC(NN)=N2)cc1. The summed E-state index contributed by atoms with van der Waals surface area (Å²) in [7, 11) is -3.47. The third-order valence-electron chi connectivity index (χ3n) is 2.50. The van der Waals surface area contributed by atoms with E-state index in [1.54, 1.807) is 30.3 Å². The largest absolute Gasteiger partial charge is 0.309 e. The second kappa shape index (κ2) is 4.31. The van der Waals surface area contributed by atoms with Gasteiger partial charge in [-0.15, -0.1) is 0 Å². The molecule has 0 spiro atoms. The topological polar surface area (TPSA) is 84.5 Å². The molecule has 90 valence electrons. The maximum Gasteiger partial charge on any atom is 0.205 e. The number of aliphatic imine (C=N–C) groups is 1. The fraction of sp³-hybridized carbons (Fsp3) is 0.182. The van der Waals surface area contributed by atoms with E-state index < -0.39 is 15.2 Å². The van der Waals surface area contributed by atoms with Crippen molar-refractivity contribution < 1.29 is 8.42 Å². The maximum absolute atomic E-state index is 12.2. The Balaban J connectivity index is 2.35. The summed E-state index contributed by atoms with van der Waals surface area (Å²) in [5.41, 5.74) is 3.34. The first-order chi connectivity index (χ1) is 8.04. The summed E-state index contributed by atoms with van der Waals surface area (Å²) >= 11 is 0. The van der Waals surface area contributed by atoms with E-state index in [4.69, 9.17) is 5.84 Å². The Kier molecular flexibility index (Phi) is 2.99. The van der Waals surface area contributed by atoms with Crippen molar-refractivity contribution in [1.82, 2.24) is 5.43 Å². The Bertz CT molecular complexity index is 573. The fourth-order valence-corrected chi connectivity index (χ4v) is 2.85. The lowest BCUT2D eigenvalue weighted by molar-refractivity contribution is 0.590. The molecule has 0 radical (unpaired) electrons. The molecule has 1 aliphatic rings. The highest BCUT2D eigenvalue weighted by Gasteiger charge is 2.27. The van der Waals surface area contributed by atoms with E-state index in [2.05, 4.69) is 10.4 Å². The highest BCUT2D eigenvalue weighted by molar-refractivity contribution is 7.92. The summed E-state index contributed by atoms with van der Waals surface area (Å²) in [4.78, 5) is 4.22. The minimum Gasteiger partial charge on any atom is -0.309 e. The lowest BCUT2D eigenvalue weighted by Gasteiger charge is -2.07. The second-order valence-corrected chi connectivity index (χ2v) is 5.81. The molecule has 1 aliphatic heterocycles. The highest BCUT2D eigenvalue weighted by atomic mass is 32.2. The molecule has 6 heteroatoms. The van der Waals surface area contributed by atoms with Crippen LogP contribution in [0.2, 0.25) is 0 Å². The predicted molar refractivity (Wildman–Crippen MR) is 66.1 cm³/mol. The number of benzene rings is 1. The third kappa shape index (κ3) is 2.22. The fourth-order valence-electron chi connectivity index (χ4n) is 1.52. The first-order valence-corrected chi connectivity index (χ1v) is 6.62. The Hall–Kier alpha value is -1.66. The van der Waals surface area contributed by atoms with E-state index in [-0.39, 0.29) is 4.90 Å². The van der Waals surface area contributed by atoms with E-state index in [1.807, 2.05) is 6.92 Å². The average Bonchev–Trinajstić information content (AvgIpc) is 2.78. The lowest BCUT2D eigenvalue weighted by Crippen LogP contribution is -2.28. The quantitative estimate of drug-likeness (QED) is 0.593. The molecule has 3 N–H and O–H groups in total. The number of nitrogens with two attached hydrogens (primary N) is 1. The number of aryl methyl sites for hydroxylation is 1. The smallest absolute Gasteiger partial charge is 0.205 e. The molecular weight excluding hydrogens is 238 g/mol. The standard InChI is InChI=1S/C11H13N3O2S/c1-8-2-4-9(5-3-8)17(15,16)11-7-6-10(13-11)14-12/h2-7,11H,12H2,1H3,(H,13,14). The Morgan fingerprint density at radius 1 is 1.29 bits per heavy atom. The molecule has 2 rings (SSSR count). The molecule has 1 aromatic rings. The van der Waals surface area contributed by atoms with Crippen LogP contribution in [-0.2, 0) is 9.84 Å². The van der Waals surface area contributed by atoms with E-state index >= 15 is 0 Å². The molecule has 0 aliphatic carbocycles. The molecule has 1 aromatic carbocycles. The van der Waals surface area contributed by atoms with Gasteiger partial charge in [-0.3, -0.25) is 0 Å². The van der Waals surface area contributed by atoms with Gasteiger partial charge in [0.05, 0.1) is 4.90 Å². The number of nitrogens with zero attached hydrogens (tertiary/aromatic N) is 1. The molecule has 0 amide bonds. The van der Waals surface area contributed by atoms with Crippen LogP contribution in [0, 0.1) is 6.92 Å². The number of hydrogen-bond donors (Lipinski definition) is 2. The van der Waals surface area contributed by atoms with Gasteiger partial charge < -0.3 is 5.43 Å². The molecule has 1 atom stereocenters. The third-order valence-corrected chi connectivity index (χ3v) is 4.33. The second-order valence-electron chi connectivity index (χ2n) is 3.77. The Labute approximate surface area is 99.9 Å². The van der Waals surface area contributed by atoms with E-state index in [0.717, 1.165) is 5.56 Å². The van der Waals surface area contributed by atoms with E-state index in [9.17, 15) is 8.42 Å². The first kappa shape index (κ1) is 11.8. The first-order valence-electron chi connectivity index (χ1n) is 5.07. The van der Waals surface area contributed by atoms with Gasteiger partial charge in [0.1, 0.15) is 5.84 Å². The summed E-state index contributed by atoms with van der Waals surface area (Å²) in [6.45, 7) is 1.90. The molecular formula is C11H13N3O2S. The summed E-state index contributed by atoms with van der Waals surface area (Å²) < 4.78 is 24.4. The number of sulfone groups is 1. The van der Waals surface area contributed by atoms with Crippen molar-refractivity contribution in [3.05, 3.63) is 42.0 Å². The maximum atomic E-state index is 12.2. The summed E-state index contributed by atoms with van der Waals surface area (Å²) in [5, 5.41) is -0.892. The van der Waals surface area contributed by atoms with Crippen LogP contribution in [0.3, 0.4) is 0 Å². The monoisotopic (exact) mass is 251 g/mol. The van der Waals surface area contributed by atoms with Gasteiger partial charge in [-0.2, -0.15) is 0 Å². The summed E-state index contributed by atoms with van der Waals surface area (Å²) in [6, 6.07) is 6.69. The van der Waals surface area contributed by atoms with Crippen LogP contribution in [-0.4, -0.2) is 19.6 Å². The van der Waals surface area contributed by atoms with Crippen LogP contribution in [0.4, 0.5) is 0 Å². The van der Waals surface area contributed by atoms with Gasteiger partial charge in [-0.05, 0) is 31.2 Å². The van der Waals surface area contributed by atoms with Crippen LogP contribution < -0.4 is 11.3 Å². The van der Waals surface area contributed by atoms with Crippen LogP contribution in [0.1, 0.15) is 5.56 Å². The molecule has 0 saturated heterocycles. The van der Waals surface area contributed by atoms with Crippen LogP contribution >= 0.6 is 0 Å². The van der Waals surface area contributed by atoms with Gasteiger partial charge >= 0.3 is 0 Å². The predicted octanol–water partition coefficient (Wildman–Crippen LogP) is 0.526. The van der Waals surface area contributed by atoms with Gasteiger partial charge in [-0.25, -0.2) is 19.3 Å². The molecule has 1 unspecified atom stereocenters. The average molecular weight is 251 g/mol. The van der Waals surface area contributed by atoms with Gasteiger partial charge in [0.15, 0.2) is 5.37 Å². The molecule has 0 fully saturated rings. The number of hydrazine groups is 1. The van der Waals surface area contributed by atoms with Gasteiger partial charge in [0, 0.05) is 0 Å². The zero-order valence-electron chi connectivity index (χ0n) is 9.29. The number of rotatable bonds is 2. The van der Waals surface area contributed by atoms with E-state index in [1.165, 1.54) is 6.08 Å². The number of hydrogen-bond acceptors (Lipinski definition) is 5. The molecule has 0 aromatic heterocycles. The van der Waals surface area contributed by atoms with Crippen molar-refractivity contribution in [3.8, 4) is 0 Å².